The summed E-state index contributed by atoms with van der Waals surface area (Å²) in [7, 11) is 0. The smallest absolute Gasteiger partial charge is 0.00867 e. The fourth-order valence-electron chi connectivity index (χ4n) is 8.11. The molecule has 2 unspecified atom stereocenters. The van der Waals surface area contributed by atoms with E-state index in [0.717, 1.165) is 0 Å². The van der Waals surface area contributed by atoms with E-state index in [1.807, 2.05) is 0 Å². The van der Waals surface area contributed by atoms with E-state index in [9.17, 15) is 0 Å². The highest BCUT2D eigenvalue weighted by Crippen LogP contribution is 2.50. The number of hydrogen-bond donors (Lipinski definition) is 0. The number of benzene rings is 8. The van der Waals surface area contributed by atoms with Crippen molar-refractivity contribution in [1.82, 2.24) is 0 Å². The predicted octanol–water partition coefficient (Wildman–Crippen LogP) is 11.7. The van der Waals surface area contributed by atoms with Gasteiger partial charge in [0.05, 0.1) is 0 Å². The molecule has 1 fully saturated rings. The Balaban J connectivity index is 1.22. The molecular formula is C41H30. The minimum absolute atomic E-state index is 0.523. The quantitative estimate of drug-likeness (QED) is 0.198. The average molecular weight is 523 g/mol. The molecule has 0 radical (unpaired) electrons. The van der Waals surface area contributed by atoms with Crippen LogP contribution in [0.4, 0.5) is 0 Å². The molecule has 1 aliphatic carbocycles. The van der Waals surface area contributed by atoms with E-state index >= 15 is 0 Å². The van der Waals surface area contributed by atoms with Crippen molar-refractivity contribution in [1.29, 1.82) is 0 Å². The average Bonchev–Trinajstić information content (AvgIpc) is 3.53. The fourth-order valence-corrected chi connectivity index (χ4v) is 8.11. The van der Waals surface area contributed by atoms with Gasteiger partial charge < -0.3 is 0 Å². The number of hydrogen-bond acceptors (Lipinski definition) is 0. The molecule has 0 heteroatoms. The van der Waals surface area contributed by atoms with Gasteiger partial charge in [-0.25, -0.2) is 0 Å². The van der Waals surface area contributed by atoms with Gasteiger partial charge in [0, 0.05) is 0 Å². The lowest BCUT2D eigenvalue weighted by molar-refractivity contribution is 0.632. The van der Waals surface area contributed by atoms with Crippen molar-refractivity contribution in [2.45, 2.75) is 31.1 Å². The molecule has 0 aliphatic heterocycles. The van der Waals surface area contributed by atoms with Crippen molar-refractivity contribution < 1.29 is 0 Å². The highest BCUT2D eigenvalue weighted by Gasteiger charge is 2.32. The van der Waals surface area contributed by atoms with Crippen LogP contribution in [0.2, 0.25) is 0 Å². The first-order valence-corrected chi connectivity index (χ1v) is 15.0. The molecule has 2 atom stereocenters. The van der Waals surface area contributed by atoms with Crippen LogP contribution in [0.3, 0.4) is 0 Å². The molecule has 0 saturated heterocycles. The van der Waals surface area contributed by atoms with Gasteiger partial charge in [0.25, 0.3) is 0 Å². The molecule has 0 bridgehead atoms. The lowest BCUT2D eigenvalue weighted by Gasteiger charge is -2.24. The van der Waals surface area contributed by atoms with E-state index in [1.54, 1.807) is 0 Å². The molecule has 0 aromatic heterocycles. The molecular weight excluding hydrogens is 492 g/mol. The first-order valence-electron chi connectivity index (χ1n) is 15.0. The lowest BCUT2D eigenvalue weighted by Crippen LogP contribution is -2.06. The Hall–Kier alpha value is -4.68. The van der Waals surface area contributed by atoms with Gasteiger partial charge in [-0.2, -0.15) is 0 Å². The highest BCUT2D eigenvalue weighted by molar-refractivity contribution is 6.19. The summed E-state index contributed by atoms with van der Waals surface area (Å²) in [5, 5.41) is 16.3. The Morgan fingerprint density at radius 3 is 1.17 bits per heavy atom. The van der Waals surface area contributed by atoms with Crippen LogP contribution < -0.4 is 0 Å². The second kappa shape index (κ2) is 8.91. The molecule has 0 amide bonds. The second-order valence-electron chi connectivity index (χ2n) is 11.9. The fraction of sp³-hybridized carbons (Fsp3) is 0.122. The third-order valence-corrected chi connectivity index (χ3v) is 9.95. The van der Waals surface area contributed by atoms with Crippen LogP contribution in [0.5, 0.6) is 0 Å². The van der Waals surface area contributed by atoms with E-state index in [2.05, 4.69) is 133 Å². The summed E-state index contributed by atoms with van der Waals surface area (Å²) in [6.45, 7) is 0. The Labute approximate surface area is 239 Å². The summed E-state index contributed by atoms with van der Waals surface area (Å²) in [5.74, 6) is 1.05. The number of fused-ring (bicyclic) bond motifs is 10. The van der Waals surface area contributed by atoms with Crippen LogP contribution in [0, 0.1) is 0 Å². The standard InChI is InChI=1S/C41H30/c1-3-10-28-26(8-1)18-20-38-34-16-6-14-32(40(34)24-22-36(28)38)30-12-5-13-31(30)33-15-7-17-35-39-21-19-27-9-2-4-11-29(27)37(39)23-25-41(33)35/h1-4,6-11,14-25,30-31H,5,12-13H2. The van der Waals surface area contributed by atoms with Crippen molar-refractivity contribution in [3.05, 3.63) is 145 Å². The van der Waals surface area contributed by atoms with Gasteiger partial charge in [-0.1, -0.05) is 140 Å². The molecule has 0 N–H and O–H groups in total. The molecule has 0 nitrogen and oxygen atoms in total. The van der Waals surface area contributed by atoms with Crippen LogP contribution >= 0.6 is 0 Å². The largest absolute Gasteiger partial charge is 0.0616 e. The molecule has 8 aromatic rings. The van der Waals surface area contributed by atoms with Crippen molar-refractivity contribution in [3.8, 4) is 0 Å². The Morgan fingerprint density at radius 1 is 0.293 bits per heavy atom. The SMILES string of the molecule is c1ccc2c(c1)ccc1c3cccc(C4CCCC4c4cccc5c4ccc4c6ccccc6ccc54)c3ccc21. The zero-order chi connectivity index (χ0) is 26.9. The maximum atomic E-state index is 2.41. The van der Waals surface area contributed by atoms with Crippen LogP contribution in [0.25, 0.3) is 64.6 Å². The van der Waals surface area contributed by atoms with E-state index in [-0.39, 0.29) is 0 Å². The van der Waals surface area contributed by atoms with Crippen molar-refractivity contribution in [2.75, 3.05) is 0 Å². The van der Waals surface area contributed by atoms with Gasteiger partial charge in [-0.3, -0.25) is 0 Å². The Kier molecular flexibility index (Phi) is 5.01. The summed E-state index contributed by atoms with van der Waals surface area (Å²) < 4.78 is 0. The molecule has 0 spiro atoms. The first-order chi connectivity index (χ1) is 20.3. The minimum Gasteiger partial charge on any atom is -0.0616 e. The molecule has 9 rings (SSSR count). The van der Waals surface area contributed by atoms with Gasteiger partial charge in [-0.15, -0.1) is 0 Å². The topological polar surface area (TPSA) is 0 Å². The van der Waals surface area contributed by atoms with Crippen molar-refractivity contribution in [2.24, 2.45) is 0 Å². The summed E-state index contributed by atoms with van der Waals surface area (Å²) >= 11 is 0. The molecule has 0 heterocycles. The zero-order valence-corrected chi connectivity index (χ0v) is 23.0. The third-order valence-electron chi connectivity index (χ3n) is 9.95. The normalized spacial score (nSPS) is 17.5. The Morgan fingerprint density at radius 2 is 0.659 bits per heavy atom. The summed E-state index contributed by atoms with van der Waals surface area (Å²) in [6, 6.07) is 50.3. The molecule has 41 heavy (non-hydrogen) atoms. The van der Waals surface area contributed by atoms with Crippen molar-refractivity contribution >= 4 is 64.6 Å². The number of rotatable bonds is 2. The lowest BCUT2D eigenvalue weighted by atomic mass is 9.79. The van der Waals surface area contributed by atoms with Gasteiger partial charge >= 0.3 is 0 Å². The maximum Gasteiger partial charge on any atom is -0.00867 e. The van der Waals surface area contributed by atoms with E-state index in [1.165, 1.54) is 95.0 Å². The Bertz CT molecular complexity index is 2140. The highest BCUT2D eigenvalue weighted by atomic mass is 14.4. The van der Waals surface area contributed by atoms with Crippen LogP contribution in [0.1, 0.15) is 42.2 Å². The molecule has 1 saturated carbocycles. The van der Waals surface area contributed by atoms with Crippen LogP contribution in [-0.4, -0.2) is 0 Å². The second-order valence-corrected chi connectivity index (χ2v) is 11.9. The summed E-state index contributed by atoms with van der Waals surface area (Å²) in [5.41, 5.74) is 3.03. The third kappa shape index (κ3) is 3.40. The zero-order valence-electron chi connectivity index (χ0n) is 23.0. The van der Waals surface area contributed by atoms with Gasteiger partial charge in [0.2, 0.25) is 0 Å². The monoisotopic (exact) mass is 522 g/mol. The summed E-state index contributed by atoms with van der Waals surface area (Å²) in [4.78, 5) is 0. The summed E-state index contributed by atoms with van der Waals surface area (Å²) in [6.07, 6.45) is 3.76. The van der Waals surface area contributed by atoms with Gasteiger partial charge in [-0.05, 0) is 100 Å². The van der Waals surface area contributed by atoms with Crippen LogP contribution in [-0.2, 0) is 0 Å². The molecule has 1 aliphatic rings. The molecule has 194 valence electrons. The van der Waals surface area contributed by atoms with Crippen LogP contribution in [0.15, 0.2) is 133 Å². The van der Waals surface area contributed by atoms with Gasteiger partial charge in [0.15, 0.2) is 0 Å². The maximum absolute atomic E-state index is 2.41. The molecule has 8 aromatic carbocycles. The van der Waals surface area contributed by atoms with Gasteiger partial charge in [0.1, 0.15) is 0 Å². The van der Waals surface area contributed by atoms with E-state index < -0.39 is 0 Å². The van der Waals surface area contributed by atoms with E-state index in [0.29, 0.717) is 11.8 Å². The first kappa shape index (κ1) is 23.1. The minimum atomic E-state index is 0.523. The predicted molar refractivity (Wildman–Crippen MR) is 177 cm³/mol. The van der Waals surface area contributed by atoms with E-state index in [4.69, 9.17) is 0 Å². The van der Waals surface area contributed by atoms with Crippen molar-refractivity contribution in [3.63, 3.8) is 0 Å².